The Balaban J connectivity index is 1.61. The smallest absolute Gasteiger partial charge is 0.229 e. The number of nitrogens with one attached hydrogen (secondary N) is 2. The number of fused-ring (bicyclic) bond motifs is 1. The van der Waals surface area contributed by atoms with Crippen LogP contribution < -0.4 is 10.6 Å². The van der Waals surface area contributed by atoms with Crippen LogP contribution in [0.1, 0.15) is 12.5 Å². The number of carbonyl (C=O) groups is 1. The predicted molar refractivity (Wildman–Crippen MR) is 102 cm³/mol. The Morgan fingerprint density at radius 3 is 2.78 bits per heavy atom. The van der Waals surface area contributed by atoms with Gasteiger partial charge in [-0.1, -0.05) is 35.5 Å². The van der Waals surface area contributed by atoms with Crippen molar-refractivity contribution in [3.05, 3.63) is 66.4 Å². The first-order valence-electron chi connectivity index (χ1n) is 8.43. The van der Waals surface area contributed by atoms with Crippen LogP contribution in [0.15, 0.2) is 60.8 Å². The molecule has 2 aromatic heterocycles. The van der Waals surface area contributed by atoms with E-state index in [4.69, 9.17) is 0 Å². The van der Waals surface area contributed by atoms with Gasteiger partial charge in [0.25, 0.3) is 0 Å². The van der Waals surface area contributed by atoms with Crippen LogP contribution >= 0.6 is 0 Å². The van der Waals surface area contributed by atoms with Crippen molar-refractivity contribution in [2.24, 2.45) is 0 Å². The summed E-state index contributed by atoms with van der Waals surface area (Å²) in [7, 11) is 0. The minimum absolute atomic E-state index is 0.0659. The van der Waals surface area contributed by atoms with Crippen LogP contribution in [0.3, 0.4) is 0 Å². The van der Waals surface area contributed by atoms with Gasteiger partial charge in [0, 0.05) is 19.2 Å². The summed E-state index contributed by atoms with van der Waals surface area (Å²) in [5, 5.41) is 14.3. The van der Waals surface area contributed by atoms with Crippen molar-refractivity contribution >= 4 is 28.7 Å². The third-order valence-electron chi connectivity index (χ3n) is 3.92. The highest BCUT2D eigenvalue weighted by Gasteiger charge is 2.10. The number of amides is 1. The molecule has 0 aliphatic rings. The van der Waals surface area contributed by atoms with Crippen LogP contribution in [0.5, 0.6) is 0 Å². The third kappa shape index (κ3) is 3.74. The zero-order chi connectivity index (χ0) is 18.6. The molecule has 2 heterocycles. The number of benzene rings is 2. The quantitative estimate of drug-likeness (QED) is 0.568. The van der Waals surface area contributed by atoms with E-state index in [-0.39, 0.29) is 5.91 Å². The molecule has 0 bridgehead atoms. The summed E-state index contributed by atoms with van der Waals surface area (Å²) in [6.07, 6.45) is 1.64. The number of para-hydroxylation sites is 1. The molecule has 0 unspecified atom stereocenters. The van der Waals surface area contributed by atoms with Crippen molar-refractivity contribution < 1.29 is 4.79 Å². The van der Waals surface area contributed by atoms with Crippen molar-refractivity contribution in [3.63, 3.8) is 0 Å². The summed E-state index contributed by atoms with van der Waals surface area (Å²) in [5.74, 6) is 0.377. The highest BCUT2D eigenvalue weighted by molar-refractivity contribution is 5.73. The van der Waals surface area contributed by atoms with E-state index in [2.05, 4.69) is 30.9 Å². The van der Waals surface area contributed by atoms with Gasteiger partial charge >= 0.3 is 0 Å². The van der Waals surface area contributed by atoms with Crippen molar-refractivity contribution in [1.29, 1.82) is 0 Å². The summed E-state index contributed by atoms with van der Waals surface area (Å²) < 4.78 is 1.68. The first-order chi connectivity index (χ1) is 13.2. The lowest BCUT2D eigenvalue weighted by atomic mass is 10.2. The molecule has 8 heteroatoms. The number of nitrogens with zero attached hydrogens (tertiary/aromatic N) is 5. The Morgan fingerprint density at radius 1 is 1.11 bits per heavy atom. The van der Waals surface area contributed by atoms with Gasteiger partial charge in [-0.25, -0.2) is 4.98 Å². The largest absolute Gasteiger partial charge is 0.352 e. The Labute approximate surface area is 155 Å². The standard InChI is InChI=1S/C19H17N7O/c1-13(27)20-11-14-6-5-7-15(10-14)22-19-21-12-17-18(23-19)26(25-24-17)16-8-3-2-4-9-16/h2-10,12H,11H2,1H3,(H,20,27)(H,21,22,23). The number of hydrogen-bond acceptors (Lipinski definition) is 6. The zero-order valence-electron chi connectivity index (χ0n) is 14.6. The molecular weight excluding hydrogens is 342 g/mol. The normalized spacial score (nSPS) is 10.7. The lowest BCUT2D eigenvalue weighted by Gasteiger charge is -2.08. The Morgan fingerprint density at radius 2 is 1.96 bits per heavy atom. The molecule has 0 fully saturated rings. The number of rotatable bonds is 5. The Kier molecular flexibility index (Phi) is 4.44. The molecule has 0 aliphatic carbocycles. The van der Waals surface area contributed by atoms with E-state index in [0.29, 0.717) is 23.7 Å². The molecule has 2 N–H and O–H groups in total. The first kappa shape index (κ1) is 16.6. The lowest BCUT2D eigenvalue weighted by molar-refractivity contribution is -0.119. The average molecular weight is 359 g/mol. The van der Waals surface area contributed by atoms with Gasteiger partial charge in [-0.2, -0.15) is 9.67 Å². The second kappa shape index (κ2) is 7.20. The van der Waals surface area contributed by atoms with Gasteiger partial charge in [-0.05, 0) is 29.8 Å². The molecule has 0 saturated carbocycles. The molecule has 8 nitrogen and oxygen atoms in total. The highest BCUT2D eigenvalue weighted by Crippen LogP contribution is 2.18. The second-order valence-electron chi connectivity index (χ2n) is 5.97. The monoisotopic (exact) mass is 359 g/mol. The van der Waals surface area contributed by atoms with Crippen LogP contribution in [-0.2, 0) is 11.3 Å². The molecule has 0 saturated heterocycles. The molecule has 27 heavy (non-hydrogen) atoms. The number of hydrogen-bond donors (Lipinski definition) is 2. The fraction of sp³-hybridized carbons (Fsp3) is 0.105. The molecule has 2 aromatic carbocycles. The van der Waals surface area contributed by atoms with Crippen LogP contribution in [0.4, 0.5) is 11.6 Å². The van der Waals surface area contributed by atoms with Gasteiger partial charge in [0.15, 0.2) is 11.2 Å². The van der Waals surface area contributed by atoms with Crippen LogP contribution in [0.25, 0.3) is 16.9 Å². The lowest BCUT2D eigenvalue weighted by Crippen LogP contribution is -2.18. The molecule has 0 spiro atoms. The first-order valence-corrected chi connectivity index (χ1v) is 8.43. The predicted octanol–water partition coefficient (Wildman–Crippen LogP) is 2.59. The van der Waals surface area contributed by atoms with E-state index in [0.717, 1.165) is 16.9 Å². The van der Waals surface area contributed by atoms with Gasteiger partial charge in [0.1, 0.15) is 0 Å². The molecule has 4 rings (SSSR count). The maximum atomic E-state index is 11.1. The number of aromatic nitrogens is 5. The van der Waals surface area contributed by atoms with Crippen LogP contribution in [-0.4, -0.2) is 30.9 Å². The Hall–Kier alpha value is -3.81. The minimum atomic E-state index is -0.0659. The summed E-state index contributed by atoms with van der Waals surface area (Å²) >= 11 is 0. The average Bonchev–Trinajstić information content (AvgIpc) is 3.11. The third-order valence-corrected chi connectivity index (χ3v) is 3.92. The van der Waals surface area contributed by atoms with Crippen molar-refractivity contribution in [2.45, 2.75) is 13.5 Å². The second-order valence-corrected chi connectivity index (χ2v) is 5.97. The van der Waals surface area contributed by atoms with E-state index in [1.807, 2.05) is 54.6 Å². The summed E-state index contributed by atoms with van der Waals surface area (Å²) in [6, 6.07) is 17.4. The van der Waals surface area contributed by atoms with E-state index in [1.54, 1.807) is 10.9 Å². The van der Waals surface area contributed by atoms with Crippen molar-refractivity contribution in [2.75, 3.05) is 5.32 Å². The van der Waals surface area contributed by atoms with Gasteiger partial charge < -0.3 is 10.6 Å². The fourth-order valence-electron chi connectivity index (χ4n) is 2.65. The number of anilines is 2. The summed E-state index contributed by atoms with van der Waals surface area (Å²) in [4.78, 5) is 19.9. The van der Waals surface area contributed by atoms with E-state index < -0.39 is 0 Å². The molecule has 134 valence electrons. The van der Waals surface area contributed by atoms with E-state index in [9.17, 15) is 4.79 Å². The number of carbonyl (C=O) groups excluding carboxylic acids is 1. The Bertz CT molecular complexity index is 1090. The minimum Gasteiger partial charge on any atom is -0.352 e. The van der Waals surface area contributed by atoms with Crippen molar-refractivity contribution in [3.8, 4) is 5.69 Å². The SMILES string of the molecule is CC(=O)NCc1cccc(Nc2ncc3nnn(-c4ccccc4)c3n2)c1. The van der Waals surface area contributed by atoms with Crippen LogP contribution in [0.2, 0.25) is 0 Å². The maximum absolute atomic E-state index is 11.1. The highest BCUT2D eigenvalue weighted by atomic mass is 16.1. The molecule has 4 aromatic rings. The molecule has 0 radical (unpaired) electrons. The molecule has 0 aliphatic heterocycles. The van der Waals surface area contributed by atoms with Crippen molar-refractivity contribution in [1.82, 2.24) is 30.3 Å². The van der Waals surface area contributed by atoms with Crippen LogP contribution in [0, 0.1) is 0 Å². The summed E-state index contributed by atoms with van der Waals surface area (Å²) in [5.41, 5.74) is 3.92. The zero-order valence-corrected chi connectivity index (χ0v) is 14.6. The van der Waals surface area contributed by atoms with Gasteiger partial charge in [-0.3, -0.25) is 4.79 Å². The fourth-order valence-corrected chi connectivity index (χ4v) is 2.65. The van der Waals surface area contributed by atoms with E-state index in [1.165, 1.54) is 6.92 Å². The van der Waals surface area contributed by atoms with Gasteiger partial charge in [0.2, 0.25) is 11.9 Å². The van der Waals surface area contributed by atoms with E-state index >= 15 is 0 Å². The van der Waals surface area contributed by atoms with Gasteiger partial charge in [0.05, 0.1) is 11.9 Å². The topological polar surface area (TPSA) is 97.6 Å². The van der Waals surface area contributed by atoms with Gasteiger partial charge in [-0.15, -0.1) is 5.10 Å². The summed E-state index contributed by atoms with van der Waals surface area (Å²) in [6.45, 7) is 1.96. The molecule has 1 amide bonds. The maximum Gasteiger partial charge on any atom is 0.229 e. The molecule has 0 atom stereocenters. The molecular formula is C19H17N7O.